The highest BCUT2D eigenvalue weighted by molar-refractivity contribution is 6.06. The van der Waals surface area contributed by atoms with Crippen LogP contribution in [0.3, 0.4) is 0 Å². The van der Waals surface area contributed by atoms with Gasteiger partial charge in [0.05, 0.1) is 11.7 Å². The summed E-state index contributed by atoms with van der Waals surface area (Å²) in [4.78, 5) is 31.6. The van der Waals surface area contributed by atoms with Crippen LogP contribution in [0.2, 0.25) is 0 Å². The molecule has 1 N–H and O–H groups in total. The topological polar surface area (TPSA) is 93.7 Å². The van der Waals surface area contributed by atoms with E-state index in [1.165, 1.54) is 12.5 Å². The van der Waals surface area contributed by atoms with Crippen LogP contribution < -0.4 is 14.5 Å². The van der Waals surface area contributed by atoms with Gasteiger partial charge in [0, 0.05) is 67.1 Å². The Kier molecular flexibility index (Phi) is 8.13. The van der Waals surface area contributed by atoms with Gasteiger partial charge in [-0.2, -0.15) is 23.3 Å². The van der Waals surface area contributed by atoms with Crippen molar-refractivity contribution in [3.8, 4) is 16.9 Å². The summed E-state index contributed by atoms with van der Waals surface area (Å²) in [7, 11) is 0. The molecule has 10 nitrogen and oxygen atoms in total. The first-order chi connectivity index (χ1) is 25.1. The van der Waals surface area contributed by atoms with Crippen molar-refractivity contribution in [3.05, 3.63) is 48.2 Å². The number of fused-ring (bicyclic) bond motifs is 2. The molecule has 5 aliphatic rings. The summed E-state index contributed by atoms with van der Waals surface area (Å²) in [5.41, 5.74) is 4.70. The molecule has 1 amide bonds. The number of alkyl halides is 3. The summed E-state index contributed by atoms with van der Waals surface area (Å²) < 4.78 is 48.3. The van der Waals surface area contributed by atoms with Gasteiger partial charge in [0.2, 0.25) is 11.9 Å². The first kappa shape index (κ1) is 33.4. The summed E-state index contributed by atoms with van der Waals surface area (Å²) in [6.07, 6.45) is 5.49. The molecular weight excluding hydrogens is 669 g/mol. The lowest BCUT2D eigenvalue weighted by molar-refractivity contribution is -0.153. The van der Waals surface area contributed by atoms with Crippen molar-refractivity contribution in [1.82, 2.24) is 30.0 Å². The second kappa shape index (κ2) is 12.6. The quantitative estimate of drug-likeness (QED) is 0.205. The van der Waals surface area contributed by atoms with Gasteiger partial charge in [0.25, 0.3) is 0 Å². The van der Waals surface area contributed by atoms with Crippen molar-refractivity contribution in [3.63, 3.8) is 0 Å². The van der Waals surface area contributed by atoms with Crippen LogP contribution in [0.5, 0.6) is 5.75 Å². The highest BCUT2D eigenvalue weighted by atomic mass is 19.4. The predicted octanol–water partition coefficient (Wildman–Crippen LogP) is 6.59. The van der Waals surface area contributed by atoms with Crippen LogP contribution in [-0.4, -0.2) is 107 Å². The molecule has 52 heavy (non-hydrogen) atoms. The fourth-order valence-corrected chi connectivity index (χ4v) is 9.03. The first-order valence-electron chi connectivity index (χ1n) is 18.8. The van der Waals surface area contributed by atoms with Gasteiger partial charge in [-0.1, -0.05) is 12.6 Å². The smallest absolute Gasteiger partial charge is 0.422 e. The molecule has 0 unspecified atom stereocenters. The average molecular weight is 715 g/mol. The number of halogens is 3. The van der Waals surface area contributed by atoms with E-state index < -0.39 is 12.8 Å². The number of likely N-dealkylation sites (tertiary alicyclic amines) is 2. The fourth-order valence-electron chi connectivity index (χ4n) is 9.03. The summed E-state index contributed by atoms with van der Waals surface area (Å²) >= 11 is 0. The van der Waals surface area contributed by atoms with Crippen molar-refractivity contribution in [2.45, 2.75) is 70.0 Å². The highest BCUT2D eigenvalue weighted by Crippen LogP contribution is 2.53. The van der Waals surface area contributed by atoms with Gasteiger partial charge in [-0.05, 0) is 106 Å². The molecule has 274 valence electrons. The molecule has 9 rings (SSSR count). The Morgan fingerprint density at radius 3 is 2.40 bits per heavy atom. The van der Waals surface area contributed by atoms with Crippen LogP contribution in [0.25, 0.3) is 32.9 Å². The Balaban J connectivity index is 1.19. The van der Waals surface area contributed by atoms with E-state index in [4.69, 9.17) is 14.7 Å². The molecule has 2 aromatic heterocycles. The lowest BCUT2D eigenvalue weighted by Gasteiger charge is -2.54. The molecule has 1 aliphatic carbocycles. The van der Waals surface area contributed by atoms with Gasteiger partial charge >= 0.3 is 6.18 Å². The third-order valence-electron chi connectivity index (χ3n) is 12.2. The second-order valence-electron chi connectivity index (χ2n) is 15.7. The Hall–Kier alpha value is -4.39. The van der Waals surface area contributed by atoms with Crippen LogP contribution in [0, 0.1) is 12.3 Å². The summed E-state index contributed by atoms with van der Waals surface area (Å²) in [6, 6.07) is 6.62. The molecule has 0 radical (unpaired) electrons. The van der Waals surface area contributed by atoms with E-state index in [9.17, 15) is 18.0 Å². The van der Waals surface area contributed by atoms with E-state index in [0.29, 0.717) is 23.1 Å². The molecule has 2 aromatic carbocycles. The number of aromatic amines is 1. The molecular formula is C39H45F3N8O2. The number of ether oxygens (including phenoxy) is 1. The van der Waals surface area contributed by atoms with Gasteiger partial charge in [-0.3, -0.25) is 9.89 Å². The lowest BCUT2D eigenvalue weighted by atomic mass is 9.72. The first-order valence-corrected chi connectivity index (χ1v) is 18.8. The Bertz CT molecular complexity index is 2030. The van der Waals surface area contributed by atoms with Gasteiger partial charge < -0.3 is 24.3 Å². The van der Waals surface area contributed by atoms with E-state index in [1.54, 1.807) is 6.20 Å². The monoisotopic (exact) mass is 714 g/mol. The number of nitrogens with zero attached hydrogens (tertiary/aromatic N) is 7. The molecule has 4 aliphatic heterocycles. The number of piperidine rings is 2. The summed E-state index contributed by atoms with van der Waals surface area (Å²) in [5.74, 6) is 1.61. The van der Waals surface area contributed by atoms with Crippen LogP contribution >= 0.6 is 0 Å². The Morgan fingerprint density at radius 1 is 1.00 bits per heavy atom. The van der Waals surface area contributed by atoms with Crippen molar-refractivity contribution < 1.29 is 22.7 Å². The largest absolute Gasteiger partial charge is 0.481 e. The summed E-state index contributed by atoms with van der Waals surface area (Å²) in [5, 5.41) is 8.92. The number of hydrogen-bond donors (Lipinski definition) is 1. The van der Waals surface area contributed by atoms with E-state index >= 15 is 0 Å². The maximum atomic E-state index is 14.1. The number of aryl methyl sites for hydroxylation is 1. The minimum absolute atomic E-state index is 0.0338. The number of carbonyl (C=O) groups is 1. The van der Waals surface area contributed by atoms with E-state index in [1.807, 2.05) is 24.0 Å². The van der Waals surface area contributed by atoms with E-state index in [2.05, 4.69) is 37.5 Å². The number of amides is 1. The van der Waals surface area contributed by atoms with Crippen LogP contribution in [0.4, 0.5) is 24.9 Å². The zero-order chi connectivity index (χ0) is 35.8. The Labute approximate surface area is 301 Å². The number of carbonyl (C=O) groups excluding carboxylic acids is 1. The van der Waals surface area contributed by atoms with Crippen LogP contribution in [-0.2, 0) is 4.79 Å². The number of hydrogen-bond acceptors (Lipinski definition) is 8. The predicted molar refractivity (Wildman–Crippen MR) is 195 cm³/mol. The number of H-pyrrole nitrogens is 1. The minimum atomic E-state index is -4.54. The number of benzene rings is 2. The van der Waals surface area contributed by atoms with Crippen molar-refractivity contribution in [2.75, 3.05) is 68.8 Å². The molecule has 5 fully saturated rings. The van der Waals surface area contributed by atoms with Crippen LogP contribution in [0.1, 0.15) is 62.0 Å². The van der Waals surface area contributed by atoms with Crippen molar-refractivity contribution in [2.24, 2.45) is 5.41 Å². The average Bonchev–Trinajstić information content (AvgIpc) is 3.84. The van der Waals surface area contributed by atoms with E-state index in [0.717, 1.165) is 130 Å². The molecule has 13 heteroatoms. The third-order valence-corrected chi connectivity index (χ3v) is 12.2. The SMILES string of the molecule is C=CC(=O)N1CC2(CCN(c3nc(N4CCC(N5CCC5)CC4)nc4c(OCC(F)(F)F)c(-c5c(C)ccc6[nH]ncc56)c(C5CC5)cc34)CC2)C1. The maximum absolute atomic E-state index is 14.1. The van der Waals surface area contributed by atoms with Gasteiger partial charge in [-0.25, -0.2) is 4.98 Å². The van der Waals surface area contributed by atoms with Crippen molar-refractivity contribution >= 4 is 39.5 Å². The number of rotatable bonds is 8. The molecule has 0 atom stereocenters. The van der Waals surface area contributed by atoms with E-state index in [-0.39, 0.29) is 23.0 Å². The lowest BCUT2D eigenvalue weighted by Crippen LogP contribution is -2.61. The fraction of sp³-hybridized carbons (Fsp3) is 0.538. The molecule has 1 spiro atoms. The molecule has 1 saturated carbocycles. The third kappa shape index (κ3) is 5.94. The highest BCUT2D eigenvalue weighted by Gasteiger charge is 2.47. The minimum Gasteiger partial charge on any atom is -0.481 e. The van der Waals surface area contributed by atoms with Crippen LogP contribution in [0.15, 0.2) is 37.1 Å². The second-order valence-corrected chi connectivity index (χ2v) is 15.7. The van der Waals surface area contributed by atoms with Gasteiger partial charge in [-0.15, -0.1) is 0 Å². The molecule has 0 bridgehead atoms. The summed E-state index contributed by atoms with van der Waals surface area (Å²) in [6.45, 7) is 11.0. The zero-order valence-electron chi connectivity index (χ0n) is 29.6. The standard InChI is InChI=1S/C39H45F3N8O2/c1-3-31(51)50-21-38(22-50)11-17-48(18-12-38)36-28-19-27(25-6-7-25)33(32-24(2)5-8-30-29(32)20-43-46-30)35(52-23-39(40,41)42)34(28)44-37(45-36)49-15-9-26(10-16-49)47-13-4-14-47/h3,5,8,19-20,25-26H,1,4,6-7,9-18,21-23H2,2H3,(H,43,46). The number of anilines is 2. The molecule has 6 heterocycles. The zero-order valence-corrected chi connectivity index (χ0v) is 29.6. The van der Waals surface area contributed by atoms with Crippen molar-refractivity contribution in [1.29, 1.82) is 0 Å². The number of aromatic nitrogens is 4. The normalized spacial score (nSPS) is 21.1. The maximum Gasteiger partial charge on any atom is 0.422 e. The van der Waals surface area contributed by atoms with Gasteiger partial charge in [0.15, 0.2) is 12.4 Å². The Morgan fingerprint density at radius 2 is 1.75 bits per heavy atom. The number of nitrogens with one attached hydrogen (secondary N) is 1. The van der Waals surface area contributed by atoms with Gasteiger partial charge in [0.1, 0.15) is 11.3 Å². The molecule has 4 aromatic rings. The molecule has 4 saturated heterocycles.